The molecule has 2 N–H and O–H groups in total. The first-order valence-electron chi connectivity index (χ1n) is 7.14. The van der Waals surface area contributed by atoms with Crippen molar-refractivity contribution in [3.05, 3.63) is 0 Å². The highest BCUT2D eigenvalue weighted by molar-refractivity contribution is 7.98. The predicted octanol–water partition coefficient (Wildman–Crippen LogP) is 2.46. The van der Waals surface area contributed by atoms with Gasteiger partial charge in [0.15, 0.2) is 0 Å². The van der Waals surface area contributed by atoms with Gasteiger partial charge in [0.25, 0.3) is 0 Å². The van der Waals surface area contributed by atoms with Gasteiger partial charge in [-0.05, 0) is 44.1 Å². The van der Waals surface area contributed by atoms with E-state index in [9.17, 15) is 22.8 Å². The Morgan fingerprint density at radius 3 is 2.41 bits per heavy atom. The number of alkyl halides is 3. The van der Waals surface area contributed by atoms with Crippen LogP contribution in [-0.2, 0) is 9.53 Å². The smallest absolute Gasteiger partial charge is 0.446 e. The molecule has 1 aliphatic rings. The minimum atomic E-state index is -4.86. The first kappa shape index (κ1) is 18.9. The molecule has 9 heteroatoms. The van der Waals surface area contributed by atoms with Gasteiger partial charge in [-0.3, -0.25) is 4.79 Å². The van der Waals surface area contributed by atoms with Crippen LogP contribution in [0, 0.1) is 0 Å². The molecule has 0 radical (unpaired) electrons. The highest BCUT2D eigenvalue weighted by Gasteiger charge is 2.40. The summed E-state index contributed by atoms with van der Waals surface area (Å²) in [4.78, 5) is 22.3. The lowest BCUT2D eigenvalue weighted by Gasteiger charge is -2.29. The van der Waals surface area contributed by atoms with E-state index in [4.69, 9.17) is 4.74 Å². The van der Waals surface area contributed by atoms with Crippen LogP contribution in [0.2, 0.25) is 0 Å². The van der Waals surface area contributed by atoms with Gasteiger partial charge in [-0.2, -0.15) is 24.9 Å². The van der Waals surface area contributed by atoms with Crippen molar-refractivity contribution in [3.8, 4) is 0 Å². The molecule has 0 aliphatic heterocycles. The van der Waals surface area contributed by atoms with Crippen molar-refractivity contribution < 1.29 is 27.5 Å². The van der Waals surface area contributed by atoms with Crippen molar-refractivity contribution >= 4 is 23.8 Å². The minimum Gasteiger partial charge on any atom is -0.446 e. The Morgan fingerprint density at radius 1 is 1.23 bits per heavy atom. The second kappa shape index (κ2) is 9.12. The first-order chi connectivity index (χ1) is 10.3. The number of halogens is 3. The molecule has 0 unspecified atom stereocenters. The predicted molar refractivity (Wildman–Crippen MR) is 77.7 cm³/mol. The third-order valence-corrected chi connectivity index (χ3v) is 4.03. The number of carbonyl (C=O) groups excluding carboxylic acids is 2. The van der Waals surface area contributed by atoms with Gasteiger partial charge < -0.3 is 15.4 Å². The van der Waals surface area contributed by atoms with Crippen molar-refractivity contribution in [3.63, 3.8) is 0 Å². The third kappa shape index (κ3) is 7.24. The van der Waals surface area contributed by atoms with Crippen molar-refractivity contribution in [1.82, 2.24) is 10.6 Å². The fraction of sp³-hybridized carbons (Fsp3) is 0.846. The van der Waals surface area contributed by atoms with E-state index >= 15 is 0 Å². The number of hydrogen-bond donors (Lipinski definition) is 2. The van der Waals surface area contributed by atoms with Crippen LogP contribution in [0.3, 0.4) is 0 Å². The Bertz CT molecular complexity index is 372. The van der Waals surface area contributed by atoms with Crippen molar-refractivity contribution in [2.75, 3.05) is 18.6 Å². The maximum Gasteiger partial charge on any atom is 0.471 e. The molecule has 0 atom stereocenters. The molecule has 0 heterocycles. The van der Waals surface area contributed by atoms with Gasteiger partial charge in [-0.15, -0.1) is 0 Å². The van der Waals surface area contributed by atoms with E-state index in [2.05, 4.69) is 5.32 Å². The number of carbonyl (C=O) groups is 2. The topological polar surface area (TPSA) is 67.4 Å². The quantitative estimate of drug-likeness (QED) is 0.728. The first-order valence-corrected chi connectivity index (χ1v) is 8.53. The zero-order chi connectivity index (χ0) is 16.6. The SMILES string of the molecule is CSCCCNC(=O)OC1CCC(NC(=O)C(F)(F)F)CC1. The minimum absolute atomic E-state index is 0.306. The Morgan fingerprint density at radius 2 is 1.86 bits per heavy atom. The summed E-state index contributed by atoms with van der Waals surface area (Å²) in [6.45, 7) is 0.538. The summed E-state index contributed by atoms with van der Waals surface area (Å²) in [7, 11) is 0. The highest BCUT2D eigenvalue weighted by Crippen LogP contribution is 2.23. The maximum atomic E-state index is 12.1. The van der Waals surface area contributed by atoms with E-state index in [-0.39, 0.29) is 6.10 Å². The zero-order valence-corrected chi connectivity index (χ0v) is 13.2. The van der Waals surface area contributed by atoms with Gasteiger partial charge in [-0.1, -0.05) is 0 Å². The molecular formula is C13H21F3N2O3S. The van der Waals surface area contributed by atoms with Gasteiger partial charge in [0.1, 0.15) is 6.10 Å². The van der Waals surface area contributed by atoms with Gasteiger partial charge in [0, 0.05) is 12.6 Å². The van der Waals surface area contributed by atoms with Crippen LogP contribution in [0.25, 0.3) is 0 Å². The Labute approximate surface area is 131 Å². The summed E-state index contributed by atoms with van der Waals surface area (Å²) in [6.07, 6.45) is -1.20. The Balaban J connectivity index is 2.19. The fourth-order valence-electron chi connectivity index (χ4n) is 2.19. The summed E-state index contributed by atoms with van der Waals surface area (Å²) in [5.74, 6) is -0.965. The summed E-state index contributed by atoms with van der Waals surface area (Å²) < 4.78 is 41.6. The number of thioether (sulfide) groups is 1. The maximum absolute atomic E-state index is 12.1. The third-order valence-electron chi connectivity index (χ3n) is 3.34. The average molecular weight is 342 g/mol. The summed E-state index contributed by atoms with van der Waals surface area (Å²) in [6, 6.07) is -0.515. The van der Waals surface area contributed by atoms with Gasteiger partial charge in [-0.25, -0.2) is 4.79 Å². The molecule has 1 rings (SSSR count). The molecule has 1 fully saturated rings. The zero-order valence-electron chi connectivity index (χ0n) is 12.4. The van der Waals surface area contributed by atoms with Crippen molar-refractivity contribution in [1.29, 1.82) is 0 Å². The number of hydrogen-bond acceptors (Lipinski definition) is 4. The lowest BCUT2D eigenvalue weighted by atomic mass is 9.93. The number of alkyl carbamates (subject to hydrolysis) is 1. The summed E-state index contributed by atoms with van der Waals surface area (Å²) >= 11 is 1.69. The van der Waals surface area contributed by atoms with Crippen LogP contribution in [-0.4, -0.2) is 48.9 Å². The molecule has 128 valence electrons. The lowest BCUT2D eigenvalue weighted by Crippen LogP contribution is -2.45. The van der Waals surface area contributed by atoms with Crippen LogP contribution < -0.4 is 10.6 Å². The molecule has 0 saturated heterocycles. The van der Waals surface area contributed by atoms with Crippen LogP contribution in [0.1, 0.15) is 32.1 Å². The Hall–Kier alpha value is -1.12. The standard InChI is InChI=1S/C13H21F3N2O3S/c1-22-8-2-7-17-12(20)21-10-5-3-9(4-6-10)18-11(19)13(14,15)16/h9-10H,2-8H2,1H3,(H,17,20)(H,18,19). The summed E-state index contributed by atoms with van der Waals surface area (Å²) in [5, 5.41) is 4.59. The number of ether oxygens (including phenoxy) is 1. The van der Waals surface area contributed by atoms with E-state index < -0.39 is 24.2 Å². The molecule has 2 amide bonds. The second-order valence-electron chi connectivity index (χ2n) is 5.12. The second-order valence-corrected chi connectivity index (χ2v) is 6.11. The van der Waals surface area contributed by atoms with E-state index in [1.165, 1.54) is 0 Å². The van der Waals surface area contributed by atoms with Crippen LogP contribution in [0.5, 0.6) is 0 Å². The molecule has 5 nitrogen and oxygen atoms in total. The van der Waals surface area contributed by atoms with Crippen molar-refractivity contribution in [2.24, 2.45) is 0 Å². The van der Waals surface area contributed by atoms with E-state index in [1.54, 1.807) is 11.8 Å². The normalized spacial score (nSPS) is 22.0. The number of nitrogens with one attached hydrogen (secondary N) is 2. The molecule has 0 aromatic carbocycles. The monoisotopic (exact) mass is 342 g/mol. The Kier molecular flexibility index (Phi) is 7.84. The van der Waals surface area contributed by atoms with Crippen LogP contribution >= 0.6 is 11.8 Å². The fourth-order valence-corrected chi connectivity index (χ4v) is 2.63. The van der Waals surface area contributed by atoms with E-state index in [0.717, 1.165) is 12.2 Å². The molecule has 0 aromatic heterocycles. The molecule has 0 aromatic rings. The highest BCUT2D eigenvalue weighted by atomic mass is 32.2. The number of amides is 2. The van der Waals surface area contributed by atoms with Gasteiger partial charge in [0.05, 0.1) is 0 Å². The lowest BCUT2D eigenvalue weighted by molar-refractivity contribution is -0.174. The molecule has 1 saturated carbocycles. The average Bonchev–Trinajstić information content (AvgIpc) is 2.45. The summed E-state index contributed by atoms with van der Waals surface area (Å²) in [5.41, 5.74) is 0. The van der Waals surface area contributed by atoms with Gasteiger partial charge >= 0.3 is 18.2 Å². The van der Waals surface area contributed by atoms with Gasteiger partial charge in [0.2, 0.25) is 0 Å². The molecule has 22 heavy (non-hydrogen) atoms. The van der Waals surface area contributed by atoms with E-state index in [0.29, 0.717) is 32.2 Å². The van der Waals surface area contributed by atoms with Crippen LogP contribution in [0.15, 0.2) is 0 Å². The molecular weight excluding hydrogens is 321 g/mol. The van der Waals surface area contributed by atoms with Crippen LogP contribution in [0.4, 0.5) is 18.0 Å². The van der Waals surface area contributed by atoms with E-state index in [1.807, 2.05) is 11.6 Å². The number of rotatable bonds is 6. The van der Waals surface area contributed by atoms with Crippen molar-refractivity contribution in [2.45, 2.75) is 50.4 Å². The molecule has 1 aliphatic carbocycles. The molecule has 0 spiro atoms. The largest absolute Gasteiger partial charge is 0.471 e. The molecule has 0 bridgehead atoms.